The van der Waals surface area contributed by atoms with E-state index in [1.807, 2.05) is 6.92 Å². The molecule has 0 bridgehead atoms. The van der Waals surface area contributed by atoms with Gasteiger partial charge in [0.25, 0.3) is 0 Å². The van der Waals surface area contributed by atoms with Gasteiger partial charge < -0.3 is 9.84 Å². The second-order valence-corrected chi connectivity index (χ2v) is 4.22. The van der Waals surface area contributed by atoms with E-state index in [9.17, 15) is 9.50 Å². The van der Waals surface area contributed by atoms with Crippen LogP contribution in [0.2, 0.25) is 0 Å². The van der Waals surface area contributed by atoms with Crippen LogP contribution in [0.25, 0.3) is 0 Å². The SMILES string of the molecule is CCOC(C1CC1)C(O)c1ccccc1F. The number of benzene rings is 1. The molecule has 1 aliphatic rings. The van der Waals surface area contributed by atoms with Gasteiger partial charge in [-0.25, -0.2) is 4.39 Å². The molecule has 1 saturated carbocycles. The van der Waals surface area contributed by atoms with Gasteiger partial charge in [-0.15, -0.1) is 0 Å². The van der Waals surface area contributed by atoms with E-state index >= 15 is 0 Å². The molecule has 2 rings (SSSR count). The molecule has 88 valence electrons. The van der Waals surface area contributed by atoms with Gasteiger partial charge in [-0.05, 0) is 31.7 Å². The zero-order valence-electron chi connectivity index (χ0n) is 9.40. The highest BCUT2D eigenvalue weighted by atomic mass is 19.1. The molecule has 1 fully saturated rings. The summed E-state index contributed by atoms with van der Waals surface area (Å²) in [7, 11) is 0. The van der Waals surface area contributed by atoms with Gasteiger partial charge in [0.05, 0.1) is 6.10 Å². The first-order valence-corrected chi connectivity index (χ1v) is 5.78. The molecule has 0 heterocycles. The summed E-state index contributed by atoms with van der Waals surface area (Å²) in [6, 6.07) is 6.35. The molecule has 3 heteroatoms. The fraction of sp³-hybridized carbons (Fsp3) is 0.538. The molecule has 0 spiro atoms. The molecule has 0 amide bonds. The highest BCUT2D eigenvalue weighted by Gasteiger charge is 2.37. The van der Waals surface area contributed by atoms with Gasteiger partial charge in [-0.3, -0.25) is 0 Å². The minimum atomic E-state index is -0.853. The van der Waals surface area contributed by atoms with Crippen molar-refractivity contribution in [3.05, 3.63) is 35.6 Å². The summed E-state index contributed by atoms with van der Waals surface area (Å²) < 4.78 is 19.0. The predicted molar refractivity (Wildman–Crippen MR) is 59.5 cm³/mol. The molecule has 1 aliphatic carbocycles. The number of halogens is 1. The van der Waals surface area contributed by atoms with E-state index in [1.165, 1.54) is 6.07 Å². The molecule has 1 aromatic carbocycles. The predicted octanol–water partition coefficient (Wildman–Crippen LogP) is 2.67. The summed E-state index contributed by atoms with van der Waals surface area (Å²) >= 11 is 0. The second-order valence-electron chi connectivity index (χ2n) is 4.22. The van der Waals surface area contributed by atoms with Gasteiger partial charge in [0.1, 0.15) is 11.9 Å². The molecular weight excluding hydrogens is 207 g/mol. The average Bonchev–Trinajstić information content (AvgIpc) is 3.09. The van der Waals surface area contributed by atoms with Gasteiger partial charge in [-0.1, -0.05) is 18.2 Å². The lowest BCUT2D eigenvalue weighted by Gasteiger charge is -2.23. The number of rotatable bonds is 5. The zero-order chi connectivity index (χ0) is 11.5. The summed E-state index contributed by atoms with van der Waals surface area (Å²) in [6.45, 7) is 2.44. The zero-order valence-corrected chi connectivity index (χ0v) is 9.40. The Balaban J connectivity index is 2.15. The summed E-state index contributed by atoms with van der Waals surface area (Å²) in [5, 5.41) is 10.1. The van der Waals surface area contributed by atoms with Gasteiger partial charge in [0.2, 0.25) is 0 Å². The van der Waals surface area contributed by atoms with Crippen LogP contribution in [0.5, 0.6) is 0 Å². The van der Waals surface area contributed by atoms with Crippen molar-refractivity contribution in [3.63, 3.8) is 0 Å². The maximum atomic E-state index is 13.5. The van der Waals surface area contributed by atoms with Crippen LogP contribution in [0, 0.1) is 11.7 Å². The first-order chi connectivity index (χ1) is 7.74. The Morgan fingerprint density at radius 2 is 2.12 bits per heavy atom. The quantitative estimate of drug-likeness (QED) is 0.833. The Morgan fingerprint density at radius 1 is 1.44 bits per heavy atom. The number of hydrogen-bond donors (Lipinski definition) is 1. The standard InChI is InChI=1S/C13H17FO2/c1-2-16-13(9-7-8-9)12(15)10-5-3-4-6-11(10)14/h3-6,9,12-13,15H,2,7-8H2,1H3. The smallest absolute Gasteiger partial charge is 0.129 e. The number of hydrogen-bond acceptors (Lipinski definition) is 2. The molecular formula is C13H17FO2. The topological polar surface area (TPSA) is 29.5 Å². The normalized spacial score (nSPS) is 19.4. The van der Waals surface area contributed by atoms with Crippen molar-refractivity contribution in [1.82, 2.24) is 0 Å². The Labute approximate surface area is 95.1 Å². The van der Waals surface area contributed by atoms with Crippen molar-refractivity contribution in [2.45, 2.75) is 32.0 Å². The van der Waals surface area contributed by atoms with E-state index in [-0.39, 0.29) is 11.9 Å². The van der Waals surface area contributed by atoms with Crippen molar-refractivity contribution < 1.29 is 14.2 Å². The van der Waals surface area contributed by atoms with Crippen LogP contribution in [0.3, 0.4) is 0 Å². The lowest BCUT2D eigenvalue weighted by Crippen LogP contribution is -2.25. The summed E-state index contributed by atoms with van der Waals surface area (Å²) in [4.78, 5) is 0. The Bertz CT molecular complexity index is 350. The van der Waals surface area contributed by atoms with Crippen LogP contribution in [0.1, 0.15) is 31.4 Å². The molecule has 2 nitrogen and oxygen atoms in total. The molecule has 1 aromatic rings. The largest absolute Gasteiger partial charge is 0.386 e. The third-order valence-electron chi connectivity index (χ3n) is 2.98. The summed E-state index contributed by atoms with van der Waals surface area (Å²) in [6.07, 6.45) is 1.02. The minimum Gasteiger partial charge on any atom is -0.386 e. The highest BCUT2D eigenvalue weighted by molar-refractivity contribution is 5.21. The van der Waals surface area contributed by atoms with Crippen molar-refractivity contribution in [2.75, 3.05) is 6.61 Å². The maximum absolute atomic E-state index is 13.5. The van der Waals surface area contributed by atoms with E-state index < -0.39 is 6.10 Å². The van der Waals surface area contributed by atoms with Crippen molar-refractivity contribution in [2.24, 2.45) is 5.92 Å². The van der Waals surface area contributed by atoms with Crippen LogP contribution in [0.4, 0.5) is 4.39 Å². The monoisotopic (exact) mass is 224 g/mol. The molecule has 2 unspecified atom stereocenters. The van der Waals surface area contributed by atoms with E-state index in [0.29, 0.717) is 18.1 Å². The molecule has 16 heavy (non-hydrogen) atoms. The highest BCUT2D eigenvalue weighted by Crippen LogP contribution is 2.40. The lowest BCUT2D eigenvalue weighted by atomic mass is 10.0. The molecule has 0 aromatic heterocycles. The van der Waals surface area contributed by atoms with Gasteiger partial charge in [0.15, 0.2) is 0 Å². The molecule has 1 N–H and O–H groups in total. The minimum absolute atomic E-state index is 0.262. The van der Waals surface area contributed by atoms with Gasteiger partial charge in [0, 0.05) is 12.2 Å². The molecule has 0 radical (unpaired) electrons. The lowest BCUT2D eigenvalue weighted by molar-refractivity contribution is -0.0474. The van der Waals surface area contributed by atoms with Crippen LogP contribution in [-0.2, 0) is 4.74 Å². The van der Waals surface area contributed by atoms with E-state index in [4.69, 9.17) is 4.74 Å². The van der Waals surface area contributed by atoms with Crippen LogP contribution in [-0.4, -0.2) is 17.8 Å². The van der Waals surface area contributed by atoms with Crippen LogP contribution in [0.15, 0.2) is 24.3 Å². The third-order valence-corrected chi connectivity index (χ3v) is 2.98. The molecule has 0 saturated heterocycles. The molecule has 2 atom stereocenters. The Kier molecular flexibility index (Phi) is 3.56. The average molecular weight is 224 g/mol. The first kappa shape index (κ1) is 11.6. The van der Waals surface area contributed by atoms with Crippen molar-refractivity contribution in [1.29, 1.82) is 0 Å². The second kappa shape index (κ2) is 4.93. The third kappa shape index (κ3) is 2.42. The summed E-state index contributed by atoms with van der Waals surface area (Å²) in [5.41, 5.74) is 0.341. The number of ether oxygens (including phenoxy) is 1. The van der Waals surface area contributed by atoms with E-state index in [0.717, 1.165) is 12.8 Å². The van der Waals surface area contributed by atoms with E-state index in [2.05, 4.69) is 0 Å². The molecule has 0 aliphatic heterocycles. The fourth-order valence-electron chi connectivity index (χ4n) is 1.99. The summed E-state index contributed by atoms with van der Waals surface area (Å²) in [5.74, 6) is 0.0231. The van der Waals surface area contributed by atoms with Crippen LogP contribution >= 0.6 is 0 Å². The van der Waals surface area contributed by atoms with Gasteiger partial charge >= 0.3 is 0 Å². The maximum Gasteiger partial charge on any atom is 0.129 e. The Morgan fingerprint density at radius 3 is 2.69 bits per heavy atom. The Hall–Kier alpha value is -0.930. The number of aliphatic hydroxyl groups is 1. The first-order valence-electron chi connectivity index (χ1n) is 5.78. The number of aliphatic hydroxyl groups excluding tert-OH is 1. The fourth-order valence-corrected chi connectivity index (χ4v) is 1.99. The van der Waals surface area contributed by atoms with E-state index in [1.54, 1.807) is 18.2 Å². The van der Waals surface area contributed by atoms with Crippen LogP contribution < -0.4 is 0 Å². The van der Waals surface area contributed by atoms with Gasteiger partial charge in [-0.2, -0.15) is 0 Å². The van der Waals surface area contributed by atoms with Crippen molar-refractivity contribution >= 4 is 0 Å². The van der Waals surface area contributed by atoms with Crippen molar-refractivity contribution in [3.8, 4) is 0 Å².